The average molecular weight is 358 g/mol. The van der Waals surface area contributed by atoms with Crippen molar-refractivity contribution in [3.05, 3.63) is 58.6 Å². The Morgan fingerprint density at radius 1 is 1.24 bits per heavy atom. The number of aromatic nitrogens is 2. The van der Waals surface area contributed by atoms with Crippen LogP contribution < -0.4 is 0 Å². The molecule has 0 bridgehead atoms. The van der Waals surface area contributed by atoms with Gasteiger partial charge >= 0.3 is 0 Å². The van der Waals surface area contributed by atoms with Crippen LogP contribution in [0, 0.1) is 6.92 Å². The SMILES string of the molecule is Cc1nccc(C(=O)N(C)[C@@]2(c3ccccc3Cl)CCCCC2=O)n1. The van der Waals surface area contributed by atoms with Crippen LogP contribution >= 0.6 is 11.6 Å². The van der Waals surface area contributed by atoms with Gasteiger partial charge in [0.15, 0.2) is 5.78 Å². The highest BCUT2D eigenvalue weighted by atomic mass is 35.5. The van der Waals surface area contributed by atoms with Crippen molar-refractivity contribution in [3.8, 4) is 0 Å². The van der Waals surface area contributed by atoms with Gasteiger partial charge in [0, 0.05) is 30.3 Å². The number of ketones is 1. The highest BCUT2D eigenvalue weighted by molar-refractivity contribution is 6.31. The zero-order valence-corrected chi connectivity index (χ0v) is 15.1. The van der Waals surface area contributed by atoms with Gasteiger partial charge in [-0.2, -0.15) is 0 Å². The molecular formula is C19H20ClN3O2. The molecule has 1 fully saturated rings. The second kappa shape index (κ2) is 6.92. The number of benzene rings is 1. The molecule has 1 aromatic carbocycles. The number of aryl methyl sites for hydroxylation is 1. The average Bonchev–Trinajstić information content (AvgIpc) is 2.62. The van der Waals surface area contributed by atoms with E-state index in [-0.39, 0.29) is 17.4 Å². The minimum atomic E-state index is -1.05. The lowest BCUT2D eigenvalue weighted by Gasteiger charge is -2.43. The summed E-state index contributed by atoms with van der Waals surface area (Å²) in [6.45, 7) is 1.73. The molecule has 0 N–H and O–H groups in total. The summed E-state index contributed by atoms with van der Waals surface area (Å²) in [6.07, 6.45) is 4.23. The van der Waals surface area contributed by atoms with Crippen molar-refractivity contribution in [1.29, 1.82) is 0 Å². The molecule has 6 heteroatoms. The summed E-state index contributed by atoms with van der Waals surface area (Å²) >= 11 is 6.42. The molecule has 1 aliphatic rings. The van der Waals surface area contributed by atoms with Crippen LogP contribution in [0.2, 0.25) is 5.02 Å². The van der Waals surface area contributed by atoms with Gasteiger partial charge in [-0.05, 0) is 38.3 Å². The van der Waals surface area contributed by atoms with Gasteiger partial charge in [0.2, 0.25) is 0 Å². The van der Waals surface area contributed by atoms with Crippen LogP contribution in [0.1, 0.15) is 47.6 Å². The van der Waals surface area contributed by atoms with Gasteiger partial charge in [0.1, 0.15) is 17.1 Å². The largest absolute Gasteiger partial charge is 0.323 e. The molecule has 5 nitrogen and oxygen atoms in total. The molecule has 1 amide bonds. The van der Waals surface area contributed by atoms with E-state index in [1.54, 1.807) is 32.3 Å². The summed E-state index contributed by atoms with van der Waals surface area (Å²) in [5.74, 6) is 0.232. The van der Waals surface area contributed by atoms with E-state index < -0.39 is 5.54 Å². The fourth-order valence-electron chi connectivity index (χ4n) is 3.55. The molecule has 2 aromatic rings. The number of nitrogens with zero attached hydrogens (tertiary/aromatic N) is 3. The molecule has 1 heterocycles. The van der Waals surface area contributed by atoms with Crippen LogP contribution in [-0.4, -0.2) is 33.6 Å². The Morgan fingerprint density at radius 3 is 2.68 bits per heavy atom. The number of hydrogen-bond donors (Lipinski definition) is 0. The Balaban J connectivity index is 2.10. The van der Waals surface area contributed by atoms with Gasteiger partial charge in [0.05, 0.1) is 0 Å². The lowest BCUT2D eigenvalue weighted by molar-refractivity contribution is -0.132. The van der Waals surface area contributed by atoms with E-state index in [0.29, 0.717) is 29.3 Å². The first-order valence-electron chi connectivity index (χ1n) is 8.33. The zero-order chi connectivity index (χ0) is 18.0. The molecule has 1 atom stereocenters. The quantitative estimate of drug-likeness (QED) is 0.842. The van der Waals surface area contributed by atoms with E-state index >= 15 is 0 Å². The number of amides is 1. The fourth-order valence-corrected chi connectivity index (χ4v) is 3.84. The van der Waals surface area contributed by atoms with Gasteiger partial charge in [-0.15, -0.1) is 0 Å². The molecule has 1 aliphatic carbocycles. The van der Waals surface area contributed by atoms with Gasteiger partial charge in [-0.3, -0.25) is 9.59 Å². The zero-order valence-electron chi connectivity index (χ0n) is 14.3. The van der Waals surface area contributed by atoms with Crippen LogP contribution in [0.4, 0.5) is 0 Å². The first kappa shape index (κ1) is 17.5. The number of carbonyl (C=O) groups excluding carboxylic acids is 2. The molecule has 1 saturated carbocycles. The van der Waals surface area contributed by atoms with Crippen LogP contribution in [0.5, 0.6) is 0 Å². The fraction of sp³-hybridized carbons (Fsp3) is 0.368. The molecule has 1 aromatic heterocycles. The predicted molar refractivity (Wildman–Crippen MR) is 95.5 cm³/mol. The molecule has 0 spiro atoms. The van der Waals surface area contributed by atoms with Crippen molar-refractivity contribution in [2.45, 2.75) is 38.1 Å². The molecule has 0 radical (unpaired) electrons. The maximum atomic E-state index is 13.1. The highest BCUT2D eigenvalue weighted by Crippen LogP contribution is 2.42. The molecule has 130 valence electrons. The summed E-state index contributed by atoms with van der Waals surface area (Å²) in [5, 5.41) is 0.497. The summed E-state index contributed by atoms with van der Waals surface area (Å²) in [4.78, 5) is 35.9. The standard InChI is InChI=1S/C19H20ClN3O2/c1-13-21-12-10-16(22-13)18(25)23(2)19(11-6-5-9-17(19)24)14-7-3-4-8-15(14)20/h3-4,7-8,10,12H,5-6,9,11H2,1-2H3/t19-/m1/s1. The van der Waals surface area contributed by atoms with Crippen molar-refractivity contribution in [1.82, 2.24) is 14.9 Å². The van der Waals surface area contributed by atoms with Crippen LogP contribution in [0.15, 0.2) is 36.5 Å². The Bertz CT molecular complexity index is 824. The maximum Gasteiger partial charge on any atom is 0.273 e. The van der Waals surface area contributed by atoms with Crippen LogP contribution in [-0.2, 0) is 10.3 Å². The summed E-state index contributed by atoms with van der Waals surface area (Å²) in [5.41, 5.74) is -0.0882. The van der Waals surface area contributed by atoms with E-state index in [9.17, 15) is 9.59 Å². The number of hydrogen-bond acceptors (Lipinski definition) is 4. The third kappa shape index (κ3) is 3.04. The number of rotatable bonds is 3. The van der Waals surface area contributed by atoms with Crippen LogP contribution in [0.3, 0.4) is 0 Å². The molecule has 3 rings (SSSR count). The highest BCUT2D eigenvalue weighted by Gasteiger charge is 2.48. The lowest BCUT2D eigenvalue weighted by Crippen LogP contribution is -2.54. The van der Waals surface area contributed by atoms with E-state index in [2.05, 4.69) is 9.97 Å². The van der Waals surface area contributed by atoms with Crippen molar-refractivity contribution in [2.24, 2.45) is 0 Å². The molecule has 0 saturated heterocycles. The van der Waals surface area contributed by atoms with Crippen molar-refractivity contribution in [2.75, 3.05) is 7.05 Å². The Labute approximate surface area is 152 Å². The van der Waals surface area contributed by atoms with E-state index in [4.69, 9.17) is 11.6 Å². The number of carbonyl (C=O) groups is 2. The Hall–Kier alpha value is -2.27. The maximum absolute atomic E-state index is 13.1. The molecule has 25 heavy (non-hydrogen) atoms. The molecule has 0 aliphatic heterocycles. The lowest BCUT2D eigenvalue weighted by atomic mass is 9.74. The Morgan fingerprint density at radius 2 is 2.00 bits per heavy atom. The minimum Gasteiger partial charge on any atom is -0.323 e. The van der Waals surface area contributed by atoms with Crippen molar-refractivity contribution >= 4 is 23.3 Å². The normalized spacial score (nSPS) is 20.4. The summed E-state index contributed by atoms with van der Waals surface area (Å²) in [7, 11) is 1.66. The second-order valence-corrected chi connectivity index (χ2v) is 6.73. The molecule has 0 unspecified atom stereocenters. The summed E-state index contributed by atoms with van der Waals surface area (Å²) < 4.78 is 0. The third-order valence-corrected chi connectivity index (χ3v) is 5.18. The third-order valence-electron chi connectivity index (χ3n) is 4.85. The van der Waals surface area contributed by atoms with E-state index in [1.807, 2.05) is 18.2 Å². The first-order valence-corrected chi connectivity index (χ1v) is 8.71. The first-order chi connectivity index (χ1) is 12.0. The number of halogens is 1. The van der Waals surface area contributed by atoms with E-state index in [1.165, 1.54) is 4.90 Å². The van der Waals surface area contributed by atoms with Gasteiger partial charge in [-0.1, -0.05) is 29.8 Å². The van der Waals surface area contributed by atoms with Gasteiger partial charge < -0.3 is 4.90 Å². The smallest absolute Gasteiger partial charge is 0.273 e. The number of likely N-dealkylation sites (N-methyl/N-ethyl adjacent to an activating group) is 1. The monoisotopic (exact) mass is 357 g/mol. The second-order valence-electron chi connectivity index (χ2n) is 6.32. The van der Waals surface area contributed by atoms with Gasteiger partial charge in [-0.25, -0.2) is 9.97 Å². The minimum absolute atomic E-state index is 0.0217. The predicted octanol–water partition coefficient (Wildman–Crippen LogP) is 3.55. The van der Waals surface area contributed by atoms with Crippen molar-refractivity contribution < 1.29 is 9.59 Å². The topological polar surface area (TPSA) is 63.2 Å². The van der Waals surface area contributed by atoms with Crippen molar-refractivity contribution in [3.63, 3.8) is 0 Å². The van der Waals surface area contributed by atoms with Gasteiger partial charge in [0.25, 0.3) is 5.91 Å². The Kier molecular flexibility index (Phi) is 4.86. The van der Waals surface area contributed by atoms with Crippen LogP contribution in [0.25, 0.3) is 0 Å². The van der Waals surface area contributed by atoms with E-state index in [0.717, 1.165) is 12.8 Å². The summed E-state index contributed by atoms with van der Waals surface area (Å²) in [6, 6.07) is 8.83. The molecular weight excluding hydrogens is 338 g/mol. The number of Topliss-reactive ketones (excluding diaryl/α,β-unsaturated/α-hetero) is 1.